The van der Waals surface area contributed by atoms with Crippen LogP contribution in [0.15, 0.2) is 29.2 Å². The summed E-state index contributed by atoms with van der Waals surface area (Å²) < 4.78 is 25.4. The molecular formula is C18H24ClNO3S. The second kappa shape index (κ2) is 6.68. The van der Waals surface area contributed by atoms with Gasteiger partial charge in [0.25, 0.3) is 0 Å². The van der Waals surface area contributed by atoms with Gasteiger partial charge in [-0.15, -0.1) is 0 Å². The second-order valence-electron chi connectivity index (χ2n) is 7.01. The van der Waals surface area contributed by atoms with Crippen molar-refractivity contribution >= 4 is 27.3 Å². The van der Waals surface area contributed by atoms with Gasteiger partial charge in [-0.05, 0) is 49.9 Å². The van der Waals surface area contributed by atoms with E-state index in [1.165, 1.54) is 12.1 Å². The van der Waals surface area contributed by atoms with E-state index in [0.717, 1.165) is 38.5 Å². The summed E-state index contributed by atoms with van der Waals surface area (Å²) in [6.07, 6.45) is 6.53. The van der Waals surface area contributed by atoms with Crippen LogP contribution in [0.2, 0.25) is 5.02 Å². The fraction of sp³-hybridized carbons (Fsp3) is 0.611. The van der Waals surface area contributed by atoms with E-state index in [-0.39, 0.29) is 16.8 Å². The lowest BCUT2D eigenvalue weighted by molar-refractivity contribution is -0.134. The Labute approximate surface area is 149 Å². The molecule has 0 atom stereocenters. The molecule has 2 saturated carbocycles. The number of nitrogens with zero attached hydrogens (tertiary/aromatic N) is 1. The van der Waals surface area contributed by atoms with Crippen LogP contribution in [0.5, 0.6) is 0 Å². The van der Waals surface area contributed by atoms with Crippen molar-refractivity contribution in [3.8, 4) is 0 Å². The van der Waals surface area contributed by atoms with E-state index in [2.05, 4.69) is 0 Å². The second-order valence-corrected chi connectivity index (χ2v) is 9.71. The van der Waals surface area contributed by atoms with Gasteiger partial charge in [0, 0.05) is 18.1 Å². The van der Waals surface area contributed by atoms with Crippen molar-refractivity contribution in [3.05, 3.63) is 29.3 Å². The summed E-state index contributed by atoms with van der Waals surface area (Å²) in [5, 5.41) is 0.490. The summed E-state index contributed by atoms with van der Waals surface area (Å²) >= 11 is 5.89. The summed E-state index contributed by atoms with van der Waals surface area (Å²) in [5.41, 5.74) is 0. The predicted molar refractivity (Wildman–Crippen MR) is 94.9 cm³/mol. The summed E-state index contributed by atoms with van der Waals surface area (Å²) in [4.78, 5) is 15.2. The maximum absolute atomic E-state index is 13.3. The number of benzene rings is 1. The lowest BCUT2D eigenvalue weighted by Crippen LogP contribution is -2.53. The van der Waals surface area contributed by atoms with E-state index in [4.69, 9.17) is 11.6 Å². The molecule has 0 spiro atoms. The van der Waals surface area contributed by atoms with Crippen molar-refractivity contribution in [2.45, 2.75) is 67.1 Å². The molecule has 1 amide bonds. The third-order valence-electron chi connectivity index (χ3n) is 5.63. The van der Waals surface area contributed by atoms with E-state index < -0.39 is 14.6 Å². The van der Waals surface area contributed by atoms with Gasteiger partial charge in [-0.25, -0.2) is 8.42 Å². The average molecular weight is 370 g/mol. The predicted octanol–water partition coefficient (Wildman–Crippen LogP) is 3.83. The first kappa shape index (κ1) is 17.7. The van der Waals surface area contributed by atoms with Crippen LogP contribution in [0.3, 0.4) is 0 Å². The van der Waals surface area contributed by atoms with Crippen molar-refractivity contribution in [1.82, 2.24) is 4.90 Å². The number of rotatable bonds is 4. The molecule has 0 heterocycles. The summed E-state index contributed by atoms with van der Waals surface area (Å²) in [6.45, 7) is 0. The molecule has 4 nitrogen and oxygen atoms in total. The molecule has 0 unspecified atom stereocenters. The van der Waals surface area contributed by atoms with Gasteiger partial charge in [-0.2, -0.15) is 0 Å². The highest BCUT2D eigenvalue weighted by molar-refractivity contribution is 7.93. The van der Waals surface area contributed by atoms with Gasteiger partial charge in [-0.3, -0.25) is 4.79 Å². The monoisotopic (exact) mass is 369 g/mol. The first-order valence-corrected chi connectivity index (χ1v) is 10.5. The van der Waals surface area contributed by atoms with E-state index >= 15 is 0 Å². The average Bonchev–Trinajstić information content (AvgIpc) is 3.26. The molecule has 1 aromatic carbocycles. The maximum Gasteiger partial charge on any atom is 0.244 e. The standard InChI is InChI=1S/C18H24ClNO3S/c1-20(15-6-2-3-7-15)17(21)18(12-4-5-13-18)24(22,23)16-10-8-14(19)9-11-16/h8-11,15H,2-7,12-13H2,1H3. The summed E-state index contributed by atoms with van der Waals surface area (Å²) in [5.74, 6) is -0.221. The van der Waals surface area contributed by atoms with E-state index in [1.54, 1.807) is 24.1 Å². The van der Waals surface area contributed by atoms with Crippen LogP contribution in [-0.4, -0.2) is 37.1 Å². The number of amides is 1. The van der Waals surface area contributed by atoms with Crippen LogP contribution < -0.4 is 0 Å². The molecule has 0 saturated heterocycles. The third-order valence-corrected chi connectivity index (χ3v) is 8.39. The first-order chi connectivity index (χ1) is 11.4. The zero-order valence-corrected chi connectivity index (χ0v) is 15.6. The maximum atomic E-state index is 13.3. The number of carbonyl (C=O) groups is 1. The molecular weight excluding hydrogens is 346 g/mol. The van der Waals surface area contributed by atoms with Gasteiger partial charge in [0.1, 0.15) is 0 Å². The lowest BCUT2D eigenvalue weighted by Gasteiger charge is -2.35. The topological polar surface area (TPSA) is 54.5 Å². The zero-order chi connectivity index (χ0) is 17.4. The van der Waals surface area contributed by atoms with E-state index in [0.29, 0.717) is 17.9 Å². The molecule has 2 fully saturated rings. The molecule has 3 rings (SSSR count). The summed E-state index contributed by atoms with van der Waals surface area (Å²) in [6, 6.07) is 6.35. The number of hydrogen-bond donors (Lipinski definition) is 0. The molecule has 1 aromatic rings. The van der Waals surface area contributed by atoms with Gasteiger partial charge < -0.3 is 4.90 Å². The minimum Gasteiger partial charge on any atom is -0.341 e. The van der Waals surface area contributed by atoms with Crippen molar-refractivity contribution in [2.75, 3.05) is 7.05 Å². The van der Waals surface area contributed by atoms with Gasteiger partial charge in [0.15, 0.2) is 14.6 Å². The quantitative estimate of drug-likeness (QED) is 0.810. The van der Waals surface area contributed by atoms with Gasteiger partial charge in [-0.1, -0.05) is 37.3 Å². The Kier molecular flexibility index (Phi) is 4.94. The van der Waals surface area contributed by atoms with E-state index in [9.17, 15) is 13.2 Å². The molecule has 0 aliphatic heterocycles. The van der Waals surface area contributed by atoms with Crippen LogP contribution in [0.25, 0.3) is 0 Å². The Morgan fingerprint density at radius 2 is 1.62 bits per heavy atom. The SMILES string of the molecule is CN(C(=O)C1(S(=O)(=O)c2ccc(Cl)cc2)CCCC1)C1CCCC1. The molecule has 2 aliphatic rings. The number of carbonyl (C=O) groups excluding carboxylic acids is 1. The van der Waals surface area contributed by atoms with Gasteiger partial charge in [0.2, 0.25) is 5.91 Å². The molecule has 0 N–H and O–H groups in total. The normalized spacial score (nSPS) is 21.1. The highest BCUT2D eigenvalue weighted by Crippen LogP contribution is 2.43. The number of sulfone groups is 1. The highest BCUT2D eigenvalue weighted by atomic mass is 35.5. The molecule has 6 heteroatoms. The molecule has 0 bridgehead atoms. The van der Waals surface area contributed by atoms with E-state index in [1.807, 2.05) is 0 Å². The van der Waals surface area contributed by atoms with Gasteiger partial charge in [0.05, 0.1) is 4.90 Å². The Morgan fingerprint density at radius 3 is 2.17 bits per heavy atom. The van der Waals surface area contributed by atoms with Crippen LogP contribution in [0.4, 0.5) is 0 Å². The van der Waals surface area contributed by atoms with Crippen molar-refractivity contribution in [1.29, 1.82) is 0 Å². The Hall–Kier alpha value is -1.07. The number of halogens is 1. The molecule has 132 valence electrons. The molecule has 2 aliphatic carbocycles. The van der Waals surface area contributed by atoms with Crippen molar-refractivity contribution in [3.63, 3.8) is 0 Å². The largest absolute Gasteiger partial charge is 0.341 e. The van der Waals surface area contributed by atoms with Crippen LogP contribution in [-0.2, 0) is 14.6 Å². The van der Waals surface area contributed by atoms with Crippen molar-refractivity contribution in [2.24, 2.45) is 0 Å². The van der Waals surface area contributed by atoms with Crippen LogP contribution in [0.1, 0.15) is 51.4 Å². The highest BCUT2D eigenvalue weighted by Gasteiger charge is 2.54. The fourth-order valence-corrected chi connectivity index (χ4v) is 6.43. The minimum atomic E-state index is -3.74. The Balaban J connectivity index is 1.98. The molecule has 24 heavy (non-hydrogen) atoms. The van der Waals surface area contributed by atoms with Crippen LogP contribution >= 0.6 is 11.6 Å². The summed E-state index contributed by atoms with van der Waals surface area (Å²) in [7, 11) is -1.97. The van der Waals surface area contributed by atoms with Gasteiger partial charge >= 0.3 is 0 Å². The molecule has 0 radical (unpaired) electrons. The number of hydrogen-bond acceptors (Lipinski definition) is 3. The Morgan fingerprint density at radius 1 is 1.08 bits per heavy atom. The van der Waals surface area contributed by atoms with Crippen LogP contribution in [0, 0.1) is 0 Å². The minimum absolute atomic E-state index is 0.176. The fourth-order valence-electron chi connectivity index (χ4n) is 4.16. The molecule has 0 aromatic heterocycles. The van der Waals surface area contributed by atoms with Crippen molar-refractivity contribution < 1.29 is 13.2 Å². The Bertz CT molecular complexity index is 702. The lowest BCUT2D eigenvalue weighted by atomic mass is 10.0. The zero-order valence-electron chi connectivity index (χ0n) is 14.0. The smallest absolute Gasteiger partial charge is 0.244 e. The third kappa shape index (κ3) is 2.86. The first-order valence-electron chi connectivity index (χ1n) is 8.66.